The Labute approximate surface area is 182 Å². The second kappa shape index (κ2) is 8.33. The van der Waals surface area contributed by atoms with Crippen molar-refractivity contribution in [3.63, 3.8) is 0 Å². The molecule has 1 aliphatic rings. The number of methoxy groups -OCH3 is 1. The maximum absolute atomic E-state index is 13.0. The highest BCUT2D eigenvalue weighted by Gasteiger charge is 2.28. The summed E-state index contributed by atoms with van der Waals surface area (Å²) in [4.78, 5) is 0.356. The van der Waals surface area contributed by atoms with Crippen LogP contribution in [0.25, 0.3) is 0 Å². The second-order valence-corrected chi connectivity index (χ2v) is 10.8. The molecular formula is C22H22N2O5S2. The summed E-state index contributed by atoms with van der Waals surface area (Å²) in [6.45, 7) is 0.561. The lowest BCUT2D eigenvalue weighted by molar-refractivity contribution is 0.391. The molecule has 1 N–H and O–H groups in total. The van der Waals surface area contributed by atoms with E-state index < -0.39 is 20.0 Å². The van der Waals surface area contributed by atoms with Crippen LogP contribution in [0.15, 0.2) is 82.6 Å². The Balaban J connectivity index is 1.57. The average molecular weight is 459 g/mol. The first-order valence-electron chi connectivity index (χ1n) is 9.63. The number of hydrogen-bond acceptors (Lipinski definition) is 5. The van der Waals surface area contributed by atoms with Crippen LogP contribution >= 0.6 is 0 Å². The van der Waals surface area contributed by atoms with Gasteiger partial charge in [0.1, 0.15) is 5.75 Å². The third-order valence-corrected chi connectivity index (χ3v) is 8.44. The van der Waals surface area contributed by atoms with Crippen LogP contribution in [0.2, 0.25) is 0 Å². The molecule has 0 unspecified atom stereocenters. The summed E-state index contributed by atoms with van der Waals surface area (Å²) in [7, 11) is -5.90. The zero-order valence-electron chi connectivity index (χ0n) is 16.9. The van der Waals surface area contributed by atoms with E-state index in [4.69, 9.17) is 4.74 Å². The quantitative estimate of drug-likeness (QED) is 0.612. The van der Waals surface area contributed by atoms with Gasteiger partial charge in [-0.05, 0) is 66.1 Å². The normalized spacial score (nSPS) is 14.6. The number of fused-ring (bicyclic) bond motifs is 1. The van der Waals surface area contributed by atoms with Gasteiger partial charge in [-0.1, -0.05) is 24.3 Å². The maximum atomic E-state index is 13.0. The Kier molecular flexibility index (Phi) is 5.74. The standard InChI is InChI=1S/C22H22N2O5S2/c1-29-20-9-11-21(12-10-20)30(25,26)23-19-8-7-17-13-14-24(16-18(17)15-19)31(27,28)22-5-3-2-4-6-22/h2-12,15,23H,13-14,16H2,1H3. The van der Waals surface area contributed by atoms with Gasteiger partial charge in [0.15, 0.2) is 0 Å². The van der Waals surface area contributed by atoms with Crippen molar-refractivity contribution in [3.05, 3.63) is 83.9 Å². The summed E-state index contributed by atoms with van der Waals surface area (Å²) in [5, 5.41) is 0. The lowest BCUT2D eigenvalue weighted by atomic mass is 10.0. The molecule has 0 amide bonds. The van der Waals surface area contributed by atoms with E-state index in [-0.39, 0.29) is 16.3 Å². The van der Waals surface area contributed by atoms with Gasteiger partial charge in [-0.3, -0.25) is 4.72 Å². The largest absolute Gasteiger partial charge is 0.497 e. The minimum atomic E-state index is -3.79. The highest BCUT2D eigenvalue weighted by Crippen LogP contribution is 2.28. The average Bonchev–Trinajstić information content (AvgIpc) is 2.79. The fourth-order valence-corrected chi connectivity index (χ4v) is 6.00. The SMILES string of the molecule is COc1ccc(S(=O)(=O)Nc2ccc3c(c2)CN(S(=O)(=O)c2ccccc2)CC3)cc1. The highest BCUT2D eigenvalue weighted by atomic mass is 32.2. The van der Waals surface area contributed by atoms with E-state index in [0.29, 0.717) is 24.4 Å². The van der Waals surface area contributed by atoms with Gasteiger partial charge in [0.05, 0.1) is 16.9 Å². The fraction of sp³-hybridized carbons (Fsp3) is 0.182. The van der Waals surface area contributed by atoms with Crippen LogP contribution in [0, 0.1) is 0 Å². The molecule has 0 aliphatic carbocycles. The Morgan fingerprint density at radius 1 is 0.839 bits per heavy atom. The Hall–Kier alpha value is -2.88. The molecule has 0 atom stereocenters. The van der Waals surface area contributed by atoms with E-state index in [1.54, 1.807) is 54.6 Å². The van der Waals surface area contributed by atoms with Gasteiger partial charge in [-0.15, -0.1) is 0 Å². The fourth-order valence-electron chi connectivity index (χ4n) is 3.51. The van der Waals surface area contributed by atoms with Crippen LogP contribution in [0.4, 0.5) is 5.69 Å². The molecule has 0 spiro atoms. The van der Waals surface area contributed by atoms with E-state index in [0.717, 1.165) is 11.1 Å². The predicted molar refractivity (Wildman–Crippen MR) is 118 cm³/mol. The molecule has 1 aliphatic heterocycles. The summed E-state index contributed by atoms with van der Waals surface area (Å²) in [6, 6.07) is 19.6. The molecule has 0 radical (unpaired) electrons. The van der Waals surface area contributed by atoms with Crippen molar-refractivity contribution in [2.75, 3.05) is 18.4 Å². The molecule has 0 fully saturated rings. The summed E-state index contributed by atoms with van der Waals surface area (Å²) >= 11 is 0. The molecule has 0 bridgehead atoms. The van der Waals surface area contributed by atoms with Crippen LogP contribution in [0.1, 0.15) is 11.1 Å². The minimum absolute atomic E-state index is 0.110. The monoisotopic (exact) mass is 458 g/mol. The van der Waals surface area contributed by atoms with E-state index >= 15 is 0 Å². The molecule has 0 saturated carbocycles. The number of benzene rings is 3. The van der Waals surface area contributed by atoms with Crippen LogP contribution in [0.3, 0.4) is 0 Å². The van der Waals surface area contributed by atoms with E-state index in [1.165, 1.54) is 23.5 Å². The van der Waals surface area contributed by atoms with Gasteiger partial charge in [0.2, 0.25) is 10.0 Å². The first-order chi connectivity index (χ1) is 14.8. The van der Waals surface area contributed by atoms with E-state index in [9.17, 15) is 16.8 Å². The number of nitrogens with one attached hydrogen (secondary N) is 1. The summed E-state index contributed by atoms with van der Waals surface area (Å²) in [5.74, 6) is 0.562. The van der Waals surface area contributed by atoms with Gasteiger partial charge in [0.25, 0.3) is 10.0 Å². The highest BCUT2D eigenvalue weighted by molar-refractivity contribution is 7.92. The zero-order chi connectivity index (χ0) is 22.1. The second-order valence-electron chi connectivity index (χ2n) is 7.17. The summed E-state index contributed by atoms with van der Waals surface area (Å²) in [6.07, 6.45) is 0.562. The molecule has 3 aromatic carbocycles. The molecule has 162 valence electrons. The summed E-state index contributed by atoms with van der Waals surface area (Å²) in [5.41, 5.74) is 2.17. The lowest BCUT2D eigenvalue weighted by Gasteiger charge is -2.28. The van der Waals surface area contributed by atoms with Crippen molar-refractivity contribution < 1.29 is 21.6 Å². The third-order valence-electron chi connectivity index (χ3n) is 5.19. The molecular weight excluding hydrogens is 436 g/mol. The molecule has 4 rings (SSSR count). The Bertz CT molecular complexity index is 1290. The van der Waals surface area contributed by atoms with Crippen molar-refractivity contribution in [2.45, 2.75) is 22.8 Å². The third kappa shape index (κ3) is 4.43. The minimum Gasteiger partial charge on any atom is -0.497 e. The maximum Gasteiger partial charge on any atom is 0.261 e. The Morgan fingerprint density at radius 3 is 2.23 bits per heavy atom. The topological polar surface area (TPSA) is 92.8 Å². The number of anilines is 1. The van der Waals surface area contributed by atoms with Crippen LogP contribution in [0.5, 0.6) is 5.75 Å². The molecule has 7 nitrogen and oxygen atoms in total. The number of sulfonamides is 2. The Morgan fingerprint density at radius 2 is 1.55 bits per heavy atom. The van der Waals surface area contributed by atoms with Gasteiger partial charge < -0.3 is 4.74 Å². The van der Waals surface area contributed by atoms with E-state index in [2.05, 4.69) is 4.72 Å². The molecule has 0 saturated heterocycles. The first-order valence-corrected chi connectivity index (χ1v) is 12.6. The number of ether oxygens (including phenoxy) is 1. The van der Waals surface area contributed by atoms with Crippen molar-refractivity contribution >= 4 is 25.7 Å². The zero-order valence-corrected chi connectivity index (χ0v) is 18.5. The smallest absolute Gasteiger partial charge is 0.261 e. The van der Waals surface area contributed by atoms with Crippen LogP contribution in [-0.2, 0) is 33.0 Å². The van der Waals surface area contributed by atoms with Crippen LogP contribution < -0.4 is 9.46 Å². The number of nitrogens with zero attached hydrogens (tertiary/aromatic N) is 1. The van der Waals surface area contributed by atoms with Crippen molar-refractivity contribution in [3.8, 4) is 5.75 Å². The molecule has 0 aromatic heterocycles. The number of rotatable bonds is 6. The molecule has 9 heteroatoms. The van der Waals surface area contributed by atoms with Gasteiger partial charge >= 0.3 is 0 Å². The van der Waals surface area contributed by atoms with Crippen LogP contribution in [-0.4, -0.2) is 34.8 Å². The van der Waals surface area contributed by atoms with Crippen molar-refractivity contribution in [2.24, 2.45) is 0 Å². The molecule has 1 heterocycles. The molecule has 31 heavy (non-hydrogen) atoms. The first kappa shape index (κ1) is 21.4. The number of hydrogen-bond donors (Lipinski definition) is 1. The van der Waals surface area contributed by atoms with Gasteiger partial charge in [-0.25, -0.2) is 16.8 Å². The predicted octanol–water partition coefficient (Wildman–Crippen LogP) is 3.24. The summed E-state index contributed by atoms with van der Waals surface area (Å²) < 4.78 is 60.4. The van der Waals surface area contributed by atoms with Crippen molar-refractivity contribution in [1.82, 2.24) is 4.31 Å². The lowest BCUT2D eigenvalue weighted by Crippen LogP contribution is -2.36. The van der Waals surface area contributed by atoms with Crippen molar-refractivity contribution in [1.29, 1.82) is 0 Å². The van der Waals surface area contributed by atoms with Gasteiger partial charge in [0, 0.05) is 18.8 Å². The molecule has 3 aromatic rings. The van der Waals surface area contributed by atoms with Gasteiger partial charge in [-0.2, -0.15) is 4.31 Å². The van der Waals surface area contributed by atoms with E-state index in [1.807, 2.05) is 6.07 Å².